The predicted octanol–water partition coefficient (Wildman–Crippen LogP) is -0.571. The van der Waals surface area contributed by atoms with Crippen molar-refractivity contribution in [2.75, 3.05) is 11.1 Å². The third-order valence-corrected chi connectivity index (χ3v) is 1.58. The van der Waals surface area contributed by atoms with Crippen molar-refractivity contribution in [3.05, 3.63) is 24.2 Å². The zero-order valence-corrected chi connectivity index (χ0v) is 7.51. The second kappa shape index (κ2) is 3.70. The number of nitrogens with zero attached hydrogens (tertiary/aromatic N) is 4. The standard InChI is InChI=1S/C7H7N7O/c8-5-4(12-14-13-5)6(15)11-7-9-2-1-3-10-7/h1-3H,(H3,8,12,13,14)(H,9,10,11,15). The van der Waals surface area contributed by atoms with Crippen molar-refractivity contribution in [3.8, 4) is 0 Å². The molecule has 2 aromatic heterocycles. The van der Waals surface area contributed by atoms with Crippen molar-refractivity contribution in [1.82, 2.24) is 25.4 Å². The highest BCUT2D eigenvalue weighted by Gasteiger charge is 2.14. The lowest BCUT2D eigenvalue weighted by molar-refractivity contribution is 0.102. The van der Waals surface area contributed by atoms with Gasteiger partial charge in [0.05, 0.1) is 0 Å². The Morgan fingerprint density at radius 3 is 2.67 bits per heavy atom. The number of aromatic nitrogens is 5. The first kappa shape index (κ1) is 9.06. The second-order valence-electron chi connectivity index (χ2n) is 2.58. The minimum atomic E-state index is -0.507. The molecule has 0 aromatic carbocycles. The van der Waals surface area contributed by atoms with Gasteiger partial charge in [0.15, 0.2) is 11.5 Å². The Balaban J connectivity index is 2.15. The van der Waals surface area contributed by atoms with Gasteiger partial charge >= 0.3 is 0 Å². The van der Waals surface area contributed by atoms with E-state index in [4.69, 9.17) is 5.73 Å². The van der Waals surface area contributed by atoms with Gasteiger partial charge in [-0.05, 0) is 6.07 Å². The van der Waals surface area contributed by atoms with E-state index in [-0.39, 0.29) is 17.5 Å². The number of carbonyl (C=O) groups is 1. The van der Waals surface area contributed by atoms with E-state index in [0.717, 1.165) is 0 Å². The molecule has 8 nitrogen and oxygen atoms in total. The molecule has 0 saturated heterocycles. The third kappa shape index (κ3) is 1.88. The molecule has 1 amide bonds. The summed E-state index contributed by atoms with van der Waals surface area (Å²) < 4.78 is 0. The first-order chi connectivity index (χ1) is 7.27. The van der Waals surface area contributed by atoms with E-state index in [1.165, 1.54) is 12.4 Å². The molecule has 2 heterocycles. The molecule has 0 aliphatic heterocycles. The van der Waals surface area contributed by atoms with E-state index >= 15 is 0 Å². The van der Waals surface area contributed by atoms with Gasteiger partial charge in [-0.15, -0.1) is 10.2 Å². The van der Waals surface area contributed by atoms with Crippen molar-refractivity contribution >= 4 is 17.7 Å². The number of hydrogen-bond acceptors (Lipinski definition) is 6. The summed E-state index contributed by atoms with van der Waals surface area (Å²) in [4.78, 5) is 19.1. The molecule has 0 radical (unpaired) electrons. The molecule has 15 heavy (non-hydrogen) atoms. The summed E-state index contributed by atoms with van der Waals surface area (Å²) >= 11 is 0. The van der Waals surface area contributed by atoms with Crippen LogP contribution in [0.25, 0.3) is 0 Å². The summed E-state index contributed by atoms with van der Waals surface area (Å²) in [6, 6.07) is 1.64. The third-order valence-electron chi connectivity index (χ3n) is 1.58. The summed E-state index contributed by atoms with van der Waals surface area (Å²) in [6.45, 7) is 0. The van der Waals surface area contributed by atoms with Crippen LogP contribution in [0.3, 0.4) is 0 Å². The maximum atomic E-state index is 11.5. The minimum absolute atomic E-state index is 0.0162. The van der Waals surface area contributed by atoms with Crippen molar-refractivity contribution in [3.63, 3.8) is 0 Å². The lowest BCUT2D eigenvalue weighted by Gasteiger charge is -1.99. The number of carbonyl (C=O) groups excluding carboxylic acids is 1. The van der Waals surface area contributed by atoms with Gasteiger partial charge in [0.1, 0.15) is 0 Å². The molecule has 2 aromatic rings. The van der Waals surface area contributed by atoms with E-state index in [2.05, 4.69) is 30.7 Å². The van der Waals surface area contributed by atoms with Crippen LogP contribution in [0.15, 0.2) is 18.5 Å². The SMILES string of the molecule is Nc1n[nH]nc1C(=O)Nc1ncccn1. The van der Waals surface area contributed by atoms with Crippen molar-refractivity contribution in [1.29, 1.82) is 0 Å². The molecule has 4 N–H and O–H groups in total. The number of amides is 1. The zero-order valence-electron chi connectivity index (χ0n) is 7.51. The van der Waals surface area contributed by atoms with Crippen LogP contribution in [0.4, 0.5) is 11.8 Å². The maximum absolute atomic E-state index is 11.5. The summed E-state index contributed by atoms with van der Waals surface area (Å²) in [6.07, 6.45) is 3.02. The molecule has 0 spiro atoms. The van der Waals surface area contributed by atoms with Crippen LogP contribution in [0, 0.1) is 0 Å². The van der Waals surface area contributed by atoms with Crippen molar-refractivity contribution in [2.24, 2.45) is 0 Å². The topological polar surface area (TPSA) is 122 Å². The molecule has 2 rings (SSSR count). The van der Waals surface area contributed by atoms with Crippen LogP contribution in [-0.2, 0) is 0 Å². The second-order valence-corrected chi connectivity index (χ2v) is 2.58. The average molecular weight is 205 g/mol. The zero-order chi connectivity index (χ0) is 10.7. The molecule has 0 fully saturated rings. The fourth-order valence-corrected chi connectivity index (χ4v) is 0.931. The van der Waals surface area contributed by atoms with E-state index < -0.39 is 5.91 Å². The van der Waals surface area contributed by atoms with Gasteiger partial charge in [-0.1, -0.05) is 0 Å². The minimum Gasteiger partial charge on any atom is -0.380 e. The fraction of sp³-hybridized carbons (Fsp3) is 0. The summed E-state index contributed by atoms with van der Waals surface area (Å²) in [5, 5.41) is 11.8. The molecule has 8 heteroatoms. The smallest absolute Gasteiger partial charge is 0.282 e. The molecular weight excluding hydrogens is 198 g/mol. The van der Waals surface area contributed by atoms with Crippen LogP contribution in [-0.4, -0.2) is 31.3 Å². The van der Waals surface area contributed by atoms with E-state index in [9.17, 15) is 4.79 Å². The lowest BCUT2D eigenvalue weighted by atomic mass is 10.4. The van der Waals surface area contributed by atoms with E-state index in [1.54, 1.807) is 6.07 Å². The van der Waals surface area contributed by atoms with Gasteiger partial charge < -0.3 is 5.73 Å². The first-order valence-corrected chi connectivity index (χ1v) is 4.02. The van der Waals surface area contributed by atoms with Crippen LogP contribution < -0.4 is 11.1 Å². The van der Waals surface area contributed by atoms with Crippen molar-refractivity contribution in [2.45, 2.75) is 0 Å². The summed E-state index contributed by atoms with van der Waals surface area (Å²) in [5.41, 5.74) is 5.40. The highest BCUT2D eigenvalue weighted by molar-refractivity contribution is 6.04. The molecule has 0 atom stereocenters. The molecule has 76 valence electrons. The number of anilines is 2. The van der Waals surface area contributed by atoms with E-state index in [1.807, 2.05) is 0 Å². The van der Waals surface area contributed by atoms with Crippen molar-refractivity contribution < 1.29 is 4.79 Å². The van der Waals surface area contributed by atoms with Gasteiger partial charge in [-0.2, -0.15) is 5.21 Å². The Kier molecular flexibility index (Phi) is 2.23. The Morgan fingerprint density at radius 1 is 1.33 bits per heavy atom. The predicted molar refractivity (Wildman–Crippen MR) is 50.8 cm³/mol. The summed E-state index contributed by atoms with van der Waals surface area (Å²) in [5.74, 6) is -0.291. The van der Waals surface area contributed by atoms with Gasteiger partial charge in [0, 0.05) is 12.4 Å². The number of H-pyrrole nitrogens is 1. The fourth-order valence-electron chi connectivity index (χ4n) is 0.931. The highest BCUT2D eigenvalue weighted by atomic mass is 16.2. The average Bonchev–Trinajstić information content (AvgIpc) is 2.66. The first-order valence-electron chi connectivity index (χ1n) is 4.02. The van der Waals surface area contributed by atoms with Crippen LogP contribution in [0.2, 0.25) is 0 Å². The normalized spacial score (nSPS) is 9.87. The lowest BCUT2D eigenvalue weighted by Crippen LogP contribution is -2.16. The number of aromatic amines is 1. The number of hydrogen-bond donors (Lipinski definition) is 3. The van der Waals surface area contributed by atoms with Gasteiger partial charge in [-0.3, -0.25) is 10.1 Å². The maximum Gasteiger partial charge on any atom is 0.282 e. The van der Waals surface area contributed by atoms with Crippen LogP contribution >= 0.6 is 0 Å². The molecular formula is C7H7N7O. The number of rotatable bonds is 2. The highest BCUT2D eigenvalue weighted by Crippen LogP contribution is 2.04. The molecule has 0 bridgehead atoms. The monoisotopic (exact) mass is 205 g/mol. The van der Waals surface area contributed by atoms with Crippen LogP contribution in [0.1, 0.15) is 10.5 Å². The molecule has 0 aliphatic carbocycles. The Bertz CT molecular complexity index is 465. The Morgan fingerprint density at radius 2 is 2.07 bits per heavy atom. The summed E-state index contributed by atoms with van der Waals surface area (Å²) in [7, 11) is 0. The number of nitrogen functional groups attached to an aromatic ring is 1. The molecule has 0 saturated carbocycles. The number of nitrogens with two attached hydrogens (primary N) is 1. The largest absolute Gasteiger partial charge is 0.380 e. The van der Waals surface area contributed by atoms with E-state index in [0.29, 0.717) is 0 Å². The Hall–Kier alpha value is -2.51. The quantitative estimate of drug-likeness (QED) is 0.603. The van der Waals surface area contributed by atoms with Gasteiger partial charge in [0.25, 0.3) is 5.91 Å². The number of nitrogens with one attached hydrogen (secondary N) is 2. The van der Waals surface area contributed by atoms with Gasteiger partial charge in [0.2, 0.25) is 5.95 Å². The van der Waals surface area contributed by atoms with Gasteiger partial charge in [-0.25, -0.2) is 9.97 Å². The van der Waals surface area contributed by atoms with Crippen LogP contribution in [0.5, 0.6) is 0 Å². The Labute approximate surface area is 83.9 Å². The molecule has 0 unspecified atom stereocenters. The molecule has 0 aliphatic rings.